The first-order valence-corrected chi connectivity index (χ1v) is 11.0. The van der Waals surface area contributed by atoms with Crippen LogP contribution in [0.2, 0.25) is 0 Å². The van der Waals surface area contributed by atoms with E-state index >= 15 is 0 Å². The molecule has 8 heteroatoms. The zero-order chi connectivity index (χ0) is 24.0. The Balaban J connectivity index is 1.59. The number of benzene rings is 2. The van der Waals surface area contributed by atoms with Crippen LogP contribution in [0.15, 0.2) is 48.5 Å². The monoisotopic (exact) mass is 451 g/mol. The molecule has 8 nitrogen and oxygen atoms in total. The van der Waals surface area contributed by atoms with Crippen molar-refractivity contribution < 1.29 is 23.9 Å². The maximum atomic E-state index is 12.6. The summed E-state index contributed by atoms with van der Waals surface area (Å²) in [6, 6.07) is 13.1. The van der Waals surface area contributed by atoms with Gasteiger partial charge in [-0.3, -0.25) is 14.4 Å². The fraction of sp³-hybridized carbons (Fsp3) is 0.360. The van der Waals surface area contributed by atoms with Gasteiger partial charge in [-0.1, -0.05) is 43.7 Å². The highest BCUT2D eigenvalue weighted by atomic mass is 16.5. The molecule has 1 fully saturated rings. The van der Waals surface area contributed by atoms with Gasteiger partial charge < -0.3 is 20.3 Å². The standard InChI is InChI=1S/C25H29N3O5/c1-16(2)23(27-24(31)18-9-6-8-17(3)14-18)25(32)33-15-21(29)26-19-10-4-5-11-20(19)28-13-7-12-22(28)30/h4-6,8-11,14,16,23H,7,12-13,15H2,1-3H3,(H,26,29)(H,27,31)/t23-/m0/s1. The molecule has 2 aromatic carbocycles. The van der Waals surface area contributed by atoms with Crippen molar-refractivity contribution in [3.63, 3.8) is 0 Å². The van der Waals surface area contributed by atoms with Gasteiger partial charge in [0.2, 0.25) is 5.91 Å². The molecule has 0 unspecified atom stereocenters. The number of hydrogen-bond acceptors (Lipinski definition) is 5. The first-order chi connectivity index (χ1) is 15.8. The number of rotatable bonds is 8. The maximum absolute atomic E-state index is 12.6. The molecule has 33 heavy (non-hydrogen) atoms. The number of para-hydroxylation sites is 2. The fourth-order valence-corrected chi connectivity index (χ4v) is 3.64. The second-order valence-electron chi connectivity index (χ2n) is 8.39. The van der Waals surface area contributed by atoms with Crippen molar-refractivity contribution in [2.24, 2.45) is 5.92 Å². The van der Waals surface area contributed by atoms with E-state index in [1.165, 1.54) is 0 Å². The molecule has 1 heterocycles. The Hall–Kier alpha value is -3.68. The maximum Gasteiger partial charge on any atom is 0.329 e. The fourth-order valence-electron chi connectivity index (χ4n) is 3.64. The molecule has 3 amide bonds. The molecule has 1 aliphatic heterocycles. The molecule has 0 radical (unpaired) electrons. The van der Waals surface area contributed by atoms with Crippen LogP contribution in [-0.4, -0.2) is 42.9 Å². The van der Waals surface area contributed by atoms with Crippen molar-refractivity contribution in [2.75, 3.05) is 23.4 Å². The SMILES string of the molecule is Cc1cccc(C(=O)N[C@H](C(=O)OCC(=O)Nc2ccccc2N2CCCC2=O)C(C)C)c1. The number of anilines is 2. The van der Waals surface area contributed by atoms with Gasteiger partial charge in [0, 0.05) is 18.5 Å². The van der Waals surface area contributed by atoms with E-state index in [9.17, 15) is 19.2 Å². The number of carbonyl (C=O) groups is 4. The van der Waals surface area contributed by atoms with Gasteiger partial charge in [0.05, 0.1) is 11.4 Å². The third-order valence-electron chi connectivity index (χ3n) is 5.38. The van der Waals surface area contributed by atoms with E-state index in [0.717, 1.165) is 12.0 Å². The summed E-state index contributed by atoms with van der Waals surface area (Å²) in [6.45, 7) is 5.53. The molecule has 1 saturated heterocycles. The Morgan fingerprint density at radius 1 is 1.09 bits per heavy atom. The van der Waals surface area contributed by atoms with Gasteiger partial charge >= 0.3 is 5.97 Å². The van der Waals surface area contributed by atoms with Gasteiger partial charge in [0.25, 0.3) is 11.8 Å². The predicted octanol–water partition coefficient (Wildman–Crippen LogP) is 3.06. The zero-order valence-electron chi connectivity index (χ0n) is 19.1. The first-order valence-electron chi connectivity index (χ1n) is 11.0. The minimum absolute atomic E-state index is 0.00672. The van der Waals surface area contributed by atoms with Crippen molar-refractivity contribution in [3.05, 3.63) is 59.7 Å². The molecule has 0 spiro atoms. The lowest BCUT2D eigenvalue weighted by molar-refractivity contribution is -0.150. The van der Waals surface area contributed by atoms with E-state index in [4.69, 9.17) is 4.74 Å². The van der Waals surface area contributed by atoms with Gasteiger partial charge in [-0.25, -0.2) is 4.79 Å². The summed E-state index contributed by atoms with van der Waals surface area (Å²) in [5.41, 5.74) is 2.46. The Kier molecular flexibility index (Phi) is 7.82. The van der Waals surface area contributed by atoms with Crippen LogP contribution in [0.4, 0.5) is 11.4 Å². The van der Waals surface area contributed by atoms with Crippen LogP contribution in [0.1, 0.15) is 42.6 Å². The molecule has 1 atom stereocenters. The van der Waals surface area contributed by atoms with Gasteiger partial charge in [-0.05, 0) is 43.5 Å². The summed E-state index contributed by atoms with van der Waals surface area (Å²) >= 11 is 0. The third-order valence-corrected chi connectivity index (χ3v) is 5.38. The normalized spacial score (nSPS) is 14.2. The zero-order valence-corrected chi connectivity index (χ0v) is 19.1. The topological polar surface area (TPSA) is 105 Å². The first kappa shape index (κ1) is 24.0. The van der Waals surface area contributed by atoms with Crippen LogP contribution in [0.5, 0.6) is 0 Å². The smallest absolute Gasteiger partial charge is 0.329 e. The van der Waals surface area contributed by atoms with E-state index in [0.29, 0.717) is 29.9 Å². The van der Waals surface area contributed by atoms with E-state index in [1.54, 1.807) is 61.2 Å². The molecule has 2 aromatic rings. The summed E-state index contributed by atoms with van der Waals surface area (Å²) in [5, 5.41) is 5.40. The molecule has 1 aliphatic rings. The summed E-state index contributed by atoms with van der Waals surface area (Å²) in [5.74, 6) is -1.84. The number of aryl methyl sites for hydroxylation is 1. The number of nitrogens with zero attached hydrogens (tertiary/aromatic N) is 1. The third kappa shape index (κ3) is 6.19. The van der Waals surface area contributed by atoms with Crippen molar-refractivity contribution in [1.29, 1.82) is 0 Å². The quantitative estimate of drug-likeness (QED) is 0.600. The summed E-state index contributed by atoms with van der Waals surface area (Å²) in [7, 11) is 0. The van der Waals surface area contributed by atoms with E-state index in [1.807, 2.05) is 13.0 Å². The average molecular weight is 452 g/mol. The molecule has 2 N–H and O–H groups in total. The molecule has 0 aliphatic carbocycles. The lowest BCUT2D eigenvalue weighted by atomic mass is 10.0. The van der Waals surface area contributed by atoms with Crippen LogP contribution in [0.25, 0.3) is 0 Å². The summed E-state index contributed by atoms with van der Waals surface area (Å²) < 4.78 is 5.20. The van der Waals surface area contributed by atoms with Gasteiger partial charge in [-0.2, -0.15) is 0 Å². The highest BCUT2D eigenvalue weighted by Crippen LogP contribution is 2.29. The number of ether oxygens (including phenoxy) is 1. The molecule has 0 saturated carbocycles. The van der Waals surface area contributed by atoms with Crippen LogP contribution in [-0.2, 0) is 19.1 Å². The largest absolute Gasteiger partial charge is 0.454 e. The average Bonchev–Trinajstić information content (AvgIpc) is 3.21. The van der Waals surface area contributed by atoms with Crippen molar-refractivity contribution in [1.82, 2.24) is 5.32 Å². The van der Waals surface area contributed by atoms with Crippen LogP contribution >= 0.6 is 0 Å². The van der Waals surface area contributed by atoms with E-state index < -0.39 is 24.5 Å². The number of nitrogens with one attached hydrogen (secondary N) is 2. The van der Waals surface area contributed by atoms with Gasteiger partial charge in [-0.15, -0.1) is 0 Å². The molecule has 174 valence electrons. The van der Waals surface area contributed by atoms with Crippen LogP contribution in [0.3, 0.4) is 0 Å². The highest BCUT2D eigenvalue weighted by molar-refractivity contribution is 6.02. The second kappa shape index (κ2) is 10.8. The molecular weight excluding hydrogens is 422 g/mol. The Morgan fingerprint density at radius 2 is 1.85 bits per heavy atom. The van der Waals surface area contributed by atoms with Gasteiger partial charge in [0.1, 0.15) is 6.04 Å². The molecule has 0 bridgehead atoms. The number of amides is 3. The number of carbonyl (C=O) groups excluding carboxylic acids is 4. The number of hydrogen-bond donors (Lipinski definition) is 2. The molecule has 0 aromatic heterocycles. The minimum atomic E-state index is -0.902. The van der Waals surface area contributed by atoms with Crippen molar-refractivity contribution in [3.8, 4) is 0 Å². The number of esters is 1. The minimum Gasteiger partial charge on any atom is -0.454 e. The summed E-state index contributed by atoms with van der Waals surface area (Å²) in [6.07, 6.45) is 1.24. The highest BCUT2D eigenvalue weighted by Gasteiger charge is 2.27. The van der Waals surface area contributed by atoms with Crippen molar-refractivity contribution in [2.45, 2.75) is 39.7 Å². The lowest BCUT2D eigenvalue weighted by Gasteiger charge is -2.22. The van der Waals surface area contributed by atoms with Crippen LogP contribution < -0.4 is 15.5 Å². The Labute approximate surface area is 193 Å². The lowest BCUT2D eigenvalue weighted by Crippen LogP contribution is -2.46. The molecular formula is C25H29N3O5. The molecule has 3 rings (SSSR count). The Bertz CT molecular complexity index is 1050. The van der Waals surface area contributed by atoms with E-state index in [-0.39, 0.29) is 17.7 Å². The van der Waals surface area contributed by atoms with Crippen LogP contribution in [0, 0.1) is 12.8 Å². The second-order valence-corrected chi connectivity index (χ2v) is 8.39. The van der Waals surface area contributed by atoms with E-state index in [2.05, 4.69) is 10.6 Å². The summed E-state index contributed by atoms with van der Waals surface area (Å²) in [4.78, 5) is 51.4. The Morgan fingerprint density at radius 3 is 2.52 bits per heavy atom. The predicted molar refractivity (Wildman–Crippen MR) is 125 cm³/mol. The van der Waals surface area contributed by atoms with Gasteiger partial charge in [0.15, 0.2) is 6.61 Å². The van der Waals surface area contributed by atoms with Crippen molar-refractivity contribution >= 4 is 35.1 Å².